The van der Waals surface area contributed by atoms with Crippen molar-refractivity contribution in [1.29, 1.82) is 0 Å². The average Bonchev–Trinajstić information content (AvgIpc) is 3.22. The number of benzene rings is 2. The summed E-state index contributed by atoms with van der Waals surface area (Å²) in [6.45, 7) is 2.11. The van der Waals surface area contributed by atoms with Gasteiger partial charge in [0.15, 0.2) is 0 Å². The summed E-state index contributed by atoms with van der Waals surface area (Å²) in [6, 6.07) is 18.5. The van der Waals surface area contributed by atoms with Gasteiger partial charge in [-0.1, -0.05) is 48.5 Å². The lowest BCUT2D eigenvalue weighted by Crippen LogP contribution is -1.94. The van der Waals surface area contributed by atoms with Crippen LogP contribution in [-0.2, 0) is 7.05 Å². The lowest BCUT2D eigenvalue weighted by molar-refractivity contribution is 0.916. The van der Waals surface area contributed by atoms with Gasteiger partial charge in [-0.3, -0.25) is 5.43 Å². The number of hydrogen-bond donors (Lipinski definition) is 1. The molecule has 0 amide bonds. The molecule has 2 heterocycles. The van der Waals surface area contributed by atoms with Gasteiger partial charge < -0.3 is 4.57 Å². The minimum Gasteiger partial charge on any atom is -0.347 e. The van der Waals surface area contributed by atoms with Crippen LogP contribution in [-0.4, -0.2) is 15.8 Å². The molecule has 1 N–H and O–H groups in total. The van der Waals surface area contributed by atoms with Crippen LogP contribution in [0.2, 0.25) is 0 Å². The molecule has 0 aliphatic carbocycles. The Morgan fingerprint density at radius 2 is 1.84 bits per heavy atom. The van der Waals surface area contributed by atoms with Crippen LogP contribution >= 0.6 is 11.3 Å². The standard InChI is InChI=1S/C20H18N4S/c1-14-17(16-10-6-7-11-19(16)24(14)2)12-21-23-20-22-18(13-25-20)15-8-4-3-5-9-15/h3-13H,1-2H3,(H,22,23)/b21-12-. The van der Waals surface area contributed by atoms with Gasteiger partial charge in [0.25, 0.3) is 0 Å². The molecule has 0 unspecified atom stereocenters. The van der Waals surface area contributed by atoms with Crippen molar-refractivity contribution in [3.05, 3.63) is 71.2 Å². The summed E-state index contributed by atoms with van der Waals surface area (Å²) in [6.07, 6.45) is 1.88. The van der Waals surface area contributed by atoms with E-state index in [0.29, 0.717) is 0 Å². The summed E-state index contributed by atoms with van der Waals surface area (Å²) in [5.74, 6) is 0. The Morgan fingerprint density at radius 3 is 2.68 bits per heavy atom. The van der Waals surface area contributed by atoms with Gasteiger partial charge in [0, 0.05) is 40.2 Å². The highest BCUT2D eigenvalue weighted by Gasteiger charge is 2.09. The van der Waals surface area contributed by atoms with Gasteiger partial charge in [-0.25, -0.2) is 4.98 Å². The number of thiazole rings is 1. The minimum absolute atomic E-state index is 0.785. The lowest BCUT2D eigenvalue weighted by Gasteiger charge is -1.98. The van der Waals surface area contributed by atoms with Crippen LogP contribution in [0.25, 0.3) is 22.2 Å². The van der Waals surface area contributed by atoms with Crippen molar-refractivity contribution in [2.45, 2.75) is 6.92 Å². The maximum atomic E-state index is 4.59. The Kier molecular flexibility index (Phi) is 4.07. The van der Waals surface area contributed by atoms with E-state index in [0.717, 1.165) is 22.0 Å². The highest BCUT2D eigenvalue weighted by Crippen LogP contribution is 2.25. The molecule has 2 aromatic carbocycles. The van der Waals surface area contributed by atoms with Crippen LogP contribution in [0.3, 0.4) is 0 Å². The molecule has 0 bridgehead atoms. The maximum Gasteiger partial charge on any atom is 0.203 e. The van der Waals surface area contributed by atoms with Crippen LogP contribution in [0.15, 0.2) is 65.1 Å². The number of para-hydroxylation sites is 1. The molecule has 2 aromatic heterocycles. The zero-order valence-electron chi connectivity index (χ0n) is 14.1. The number of hydrazone groups is 1. The second kappa shape index (κ2) is 6.53. The molecule has 0 spiro atoms. The lowest BCUT2D eigenvalue weighted by atomic mass is 10.1. The minimum atomic E-state index is 0.785. The molecule has 0 radical (unpaired) electrons. The van der Waals surface area contributed by atoms with E-state index >= 15 is 0 Å². The number of nitrogens with one attached hydrogen (secondary N) is 1. The van der Waals surface area contributed by atoms with E-state index < -0.39 is 0 Å². The highest BCUT2D eigenvalue weighted by molar-refractivity contribution is 7.14. The first kappa shape index (κ1) is 15.6. The predicted molar refractivity (Wildman–Crippen MR) is 106 cm³/mol. The fourth-order valence-electron chi connectivity index (χ4n) is 2.93. The second-order valence-electron chi connectivity index (χ2n) is 5.85. The molecule has 0 aliphatic heterocycles. The Morgan fingerprint density at radius 1 is 1.08 bits per heavy atom. The number of nitrogens with zero attached hydrogens (tertiary/aromatic N) is 3. The third-order valence-electron chi connectivity index (χ3n) is 4.38. The Balaban J connectivity index is 1.56. The molecule has 124 valence electrons. The molecule has 0 atom stereocenters. The third-order valence-corrected chi connectivity index (χ3v) is 5.12. The van der Waals surface area contributed by atoms with Crippen LogP contribution in [0.1, 0.15) is 11.3 Å². The zero-order chi connectivity index (χ0) is 17.2. The smallest absolute Gasteiger partial charge is 0.203 e. The molecule has 25 heavy (non-hydrogen) atoms. The average molecular weight is 346 g/mol. The number of fused-ring (bicyclic) bond motifs is 1. The van der Waals surface area contributed by atoms with E-state index in [9.17, 15) is 0 Å². The maximum absolute atomic E-state index is 4.59. The summed E-state index contributed by atoms with van der Waals surface area (Å²) >= 11 is 1.55. The first-order valence-electron chi connectivity index (χ1n) is 8.08. The van der Waals surface area contributed by atoms with Gasteiger partial charge >= 0.3 is 0 Å². The van der Waals surface area contributed by atoms with Crippen molar-refractivity contribution in [3.8, 4) is 11.3 Å². The van der Waals surface area contributed by atoms with Crippen LogP contribution in [0.5, 0.6) is 0 Å². The summed E-state index contributed by atoms with van der Waals surface area (Å²) in [7, 11) is 2.08. The Bertz CT molecular complexity index is 1040. The Labute approximate surface area is 150 Å². The molecule has 0 aliphatic rings. The van der Waals surface area contributed by atoms with E-state index in [4.69, 9.17) is 0 Å². The third kappa shape index (κ3) is 2.94. The van der Waals surface area contributed by atoms with Gasteiger partial charge in [-0.15, -0.1) is 11.3 Å². The number of anilines is 1. The first-order valence-corrected chi connectivity index (χ1v) is 8.96. The fourth-order valence-corrected chi connectivity index (χ4v) is 3.60. The van der Waals surface area contributed by atoms with Gasteiger partial charge in [0.2, 0.25) is 5.13 Å². The molecule has 4 nitrogen and oxygen atoms in total. The zero-order valence-corrected chi connectivity index (χ0v) is 14.9. The number of aryl methyl sites for hydroxylation is 1. The van der Waals surface area contributed by atoms with Gasteiger partial charge in [0.05, 0.1) is 11.9 Å². The van der Waals surface area contributed by atoms with Crippen molar-refractivity contribution in [2.24, 2.45) is 12.1 Å². The van der Waals surface area contributed by atoms with Gasteiger partial charge in [-0.2, -0.15) is 5.10 Å². The largest absolute Gasteiger partial charge is 0.347 e. The summed E-state index contributed by atoms with van der Waals surface area (Å²) < 4.78 is 2.19. The molecular formula is C20H18N4S. The highest BCUT2D eigenvalue weighted by atomic mass is 32.1. The van der Waals surface area contributed by atoms with Gasteiger partial charge in [0.1, 0.15) is 0 Å². The van der Waals surface area contributed by atoms with E-state index in [-0.39, 0.29) is 0 Å². The van der Waals surface area contributed by atoms with Crippen LogP contribution in [0.4, 0.5) is 5.13 Å². The van der Waals surface area contributed by atoms with E-state index in [2.05, 4.69) is 70.4 Å². The monoisotopic (exact) mass is 346 g/mol. The summed E-state index contributed by atoms with van der Waals surface area (Å²) in [4.78, 5) is 4.59. The molecule has 5 heteroatoms. The summed E-state index contributed by atoms with van der Waals surface area (Å²) in [5, 5.41) is 8.43. The number of hydrogen-bond acceptors (Lipinski definition) is 4. The van der Waals surface area contributed by atoms with E-state index in [1.165, 1.54) is 16.6 Å². The quantitative estimate of drug-likeness (QED) is 0.415. The van der Waals surface area contributed by atoms with Crippen molar-refractivity contribution in [1.82, 2.24) is 9.55 Å². The predicted octanol–water partition coefficient (Wildman–Crippen LogP) is 5.06. The van der Waals surface area contributed by atoms with E-state index in [1.54, 1.807) is 11.3 Å². The van der Waals surface area contributed by atoms with E-state index in [1.807, 2.05) is 29.8 Å². The van der Waals surface area contributed by atoms with Crippen molar-refractivity contribution < 1.29 is 0 Å². The Hall–Kier alpha value is -2.92. The van der Waals surface area contributed by atoms with Crippen LogP contribution in [0, 0.1) is 6.92 Å². The van der Waals surface area contributed by atoms with Crippen molar-refractivity contribution in [3.63, 3.8) is 0 Å². The molecular weight excluding hydrogens is 328 g/mol. The molecule has 0 saturated carbocycles. The molecule has 4 rings (SSSR count). The van der Waals surface area contributed by atoms with Crippen molar-refractivity contribution >= 4 is 33.6 Å². The molecule has 0 saturated heterocycles. The molecule has 0 fully saturated rings. The second-order valence-corrected chi connectivity index (χ2v) is 6.71. The summed E-state index contributed by atoms with van der Waals surface area (Å²) in [5.41, 5.74) is 8.66. The van der Waals surface area contributed by atoms with Crippen LogP contribution < -0.4 is 5.43 Å². The normalized spacial score (nSPS) is 11.4. The molecule has 4 aromatic rings. The number of aromatic nitrogens is 2. The topological polar surface area (TPSA) is 42.2 Å². The van der Waals surface area contributed by atoms with Gasteiger partial charge in [-0.05, 0) is 13.0 Å². The first-order chi connectivity index (χ1) is 12.2. The SMILES string of the molecule is Cc1c(/C=N\Nc2nc(-c3ccccc3)cs2)c2ccccc2n1C. The fraction of sp³-hybridized carbons (Fsp3) is 0.100. The number of rotatable bonds is 4. The van der Waals surface area contributed by atoms with Crippen molar-refractivity contribution in [2.75, 3.05) is 5.43 Å².